The molecule has 0 unspecified atom stereocenters. The van der Waals surface area contributed by atoms with Crippen molar-refractivity contribution in [1.29, 1.82) is 0 Å². The van der Waals surface area contributed by atoms with Crippen LogP contribution < -0.4 is 10.7 Å². The first-order valence-electron chi connectivity index (χ1n) is 9.79. The maximum absolute atomic E-state index is 12.3. The van der Waals surface area contributed by atoms with Crippen LogP contribution in [0.5, 0.6) is 0 Å². The minimum absolute atomic E-state index is 0.0475. The summed E-state index contributed by atoms with van der Waals surface area (Å²) in [5.41, 5.74) is 4.30. The predicted molar refractivity (Wildman–Crippen MR) is 114 cm³/mol. The van der Waals surface area contributed by atoms with Gasteiger partial charge in [-0.15, -0.1) is 0 Å². The van der Waals surface area contributed by atoms with E-state index in [1.807, 2.05) is 19.1 Å². The normalized spacial score (nSPS) is 15.5. The van der Waals surface area contributed by atoms with Crippen molar-refractivity contribution in [3.8, 4) is 0 Å². The number of halogens is 1. The third kappa shape index (κ3) is 5.61. The highest BCUT2D eigenvalue weighted by Gasteiger charge is 2.37. The van der Waals surface area contributed by atoms with Gasteiger partial charge in [0.2, 0.25) is 5.91 Å². The van der Waals surface area contributed by atoms with E-state index >= 15 is 0 Å². The van der Waals surface area contributed by atoms with Gasteiger partial charge >= 0.3 is 5.97 Å². The Hall–Kier alpha value is -3.39. The first-order chi connectivity index (χ1) is 14.9. The third-order valence-corrected chi connectivity index (χ3v) is 5.16. The number of carbonyl (C=O) groups excluding carboxylic acids is 4. The van der Waals surface area contributed by atoms with Crippen molar-refractivity contribution < 1.29 is 23.9 Å². The van der Waals surface area contributed by atoms with Crippen molar-refractivity contribution in [2.75, 3.05) is 18.5 Å². The van der Waals surface area contributed by atoms with E-state index in [-0.39, 0.29) is 23.6 Å². The molecular formula is C22H22ClN3O5. The van der Waals surface area contributed by atoms with E-state index in [9.17, 15) is 19.2 Å². The summed E-state index contributed by atoms with van der Waals surface area (Å²) >= 11 is 5.99. The van der Waals surface area contributed by atoms with Gasteiger partial charge < -0.3 is 10.1 Å². The van der Waals surface area contributed by atoms with Crippen LogP contribution in [-0.4, -0.2) is 41.9 Å². The molecule has 2 N–H and O–H groups in total. The number of nitrogens with zero attached hydrogens (tertiary/aromatic N) is 1. The Labute approximate surface area is 184 Å². The number of rotatable bonds is 7. The molecule has 1 aliphatic heterocycles. The average molecular weight is 444 g/mol. The second-order valence-electron chi connectivity index (χ2n) is 6.99. The maximum Gasteiger partial charge on any atom is 0.311 e. The number of anilines is 1. The second-order valence-corrected chi connectivity index (χ2v) is 7.40. The van der Waals surface area contributed by atoms with E-state index in [1.165, 1.54) is 6.07 Å². The lowest BCUT2D eigenvalue weighted by atomic mass is 10.1. The number of aryl methyl sites for hydroxylation is 1. The maximum atomic E-state index is 12.3. The number of carbonyl (C=O) groups is 4. The summed E-state index contributed by atoms with van der Waals surface area (Å²) in [6, 6.07) is 13.8. The Morgan fingerprint density at radius 3 is 2.58 bits per heavy atom. The molecule has 2 aromatic carbocycles. The quantitative estimate of drug-likeness (QED) is 0.640. The highest BCUT2D eigenvalue weighted by atomic mass is 35.5. The molecule has 1 heterocycles. The topological polar surface area (TPSA) is 105 Å². The van der Waals surface area contributed by atoms with Crippen molar-refractivity contribution in [3.05, 3.63) is 64.7 Å². The van der Waals surface area contributed by atoms with Crippen LogP contribution in [0.25, 0.3) is 0 Å². The number of hydrazine groups is 1. The van der Waals surface area contributed by atoms with Crippen LogP contribution in [-0.2, 0) is 25.5 Å². The van der Waals surface area contributed by atoms with Gasteiger partial charge in [0, 0.05) is 12.1 Å². The largest absolute Gasteiger partial charge is 0.455 e. The summed E-state index contributed by atoms with van der Waals surface area (Å²) in [6.07, 6.45) is 0.623. The number of hydrogen-bond acceptors (Lipinski definition) is 5. The van der Waals surface area contributed by atoms with Crippen molar-refractivity contribution in [2.24, 2.45) is 5.92 Å². The number of nitrogens with one attached hydrogen (secondary N) is 2. The molecule has 2 aromatic rings. The van der Waals surface area contributed by atoms with Gasteiger partial charge in [0.1, 0.15) is 0 Å². The summed E-state index contributed by atoms with van der Waals surface area (Å²) < 4.78 is 5.08. The molecule has 8 nitrogen and oxygen atoms in total. The summed E-state index contributed by atoms with van der Waals surface area (Å²) in [5, 5.41) is 4.02. The van der Waals surface area contributed by atoms with Gasteiger partial charge in [-0.3, -0.25) is 29.6 Å². The van der Waals surface area contributed by atoms with Crippen LogP contribution >= 0.6 is 11.6 Å². The number of ether oxygens (including phenoxy) is 1. The van der Waals surface area contributed by atoms with E-state index in [0.29, 0.717) is 5.69 Å². The fraction of sp³-hybridized carbons (Fsp3) is 0.273. The van der Waals surface area contributed by atoms with Crippen LogP contribution in [0, 0.1) is 5.92 Å². The molecule has 0 saturated carbocycles. The van der Waals surface area contributed by atoms with E-state index in [4.69, 9.17) is 16.3 Å². The molecule has 9 heteroatoms. The fourth-order valence-corrected chi connectivity index (χ4v) is 3.41. The molecule has 162 valence electrons. The zero-order valence-corrected chi connectivity index (χ0v) is 17.6. The monoisotopic (exact) mass is 443 g/mol. The molecule has 3 rings (SSSR count). The van der Waals surface area contributed by atoms with Gasteiger partial charge in [0.25, 0.3) is 11.8 Å². The van der Waals surface area contributed by atoms with Crippen molar-refractivity contribution in [2.45, 2.75) is 19.8 Å². The Kier molecular flexibility index (Phi) is 7.25. The number of para-hydroxylation sites is 1. The van der Waals surface area contributed by atoms with Crippen LogP contribution in [0.3, 0.4) is 0 Å². The van der Waals surface area contributed by atoms with Crippen LogP contribution in [0.2, 0.25) is 5.02 Å². The lowest BCUT2D eigenvalue weighted by Gasteiger charge is -2.18. The van der Waals surface area contributed by atoms with Gasteiger partial charge in [-0.05, 0) is 30.2 Å². The number of benzene rings is 2. The summed E-state index contributed by atoms with van der Waals surface area (Å²) in [4.78, 5) is 48.9. The molecule has 0 aromatic heterocycles. The van der Waals surface area contributed by atoms with E-state index in [0.717, 1.165) is 17.0 Å². The van der Waals surface area contributed by atoms with E-state index in [2.05, 4.69) is 10.7 Å². The predicted octanol–water partition coefficient (Wildman–Crippen LogP) is 2.58. The Morgan fingerprint density at radius 1 is 1.13 bits per heavy atom. The van der Waals surface area contributed by atoms with Gasteiger partial charge in [0.05, 0.1) is 23.0 Å². The molecule has 31 heavy (non-hydrogen) atoms. The van der Waals surface area contributed by atoms with E-state index in [1.54, 1.807) is 30.3 Å². The SMILES string of the molecule is CCc1ccccc1NC(=O)COC(=O)[C@H]1CC(=O)N(NC(=O)c2ccccc2Cl)C1. The molecule has 1 aliphatic rings. The van der Waals surface area contributed by atoms with Gasteiger partial charge in [-0.1, -0.05) is 48.9 Å². The molecule has 1 saturated heterocycles. The zero-order chi connectivity index (χ0) is 22.4. The zero-order valence-electron chi connectivity index (χ0n) is 16.9. The summed E-state index contributed by atoms with van der Waals surface area (Å²) in [7, 11) is 0. The third-order valence-electron chi connectivity index (χ3n) is 4.83. The van der Waals surface area contributed by atoms with Gasteiger partial charge in [-0.25, -0.2) is 0 Å². The summed E-state index contributed by atoms with van der Waals surface area (Å²) in [5.74, 6) is -2.91. The van der Waals surface area contributed by atoms with E-state index < -0.39 is 36.2 Å². The van der Waals surface area contributed by atoms with Crippen LogP contribution in [0.4, 0.5) is 5.69 Å². The highest BCUT2D eigenvalue weighted by molar-refractivity contribution is 6.33. The van der Waals surface area contributed by atoms with Gasteiger partial charge in [0.15, 0.2) is 6.61 Å². The number of amides is 3. The Bertz CT molecular complexity index is 1010. The fourth-order valence-electron chi connectivity index (χ4n) is 3.19. The molecule has 0 bridgehead atoms. The lowest BCUT2D eigenvalue weighted by Crippen LogP contribution is -2.43. The van der Waals surface area contributed by atoms with Crippen LogP contribution in [0.1, 0.15) is 29.3 Å². The Morgan fingerprint density at radius 2 is 1.84 bits per heavy atom. The number of hydrogen-bond donors (Lipinski definition) is 2. The highest BCUT2D eigenvalue weighted by Crippen LogP contribution is 2.20. The minimum atomic E-state index is -0.783. The average Bonchev–Trinajstić information content (AvgIpc) is 3.13. The molecule has 3 amide bonds. The minimum Gasteiger partial charge on any atom is -0.455 e. The van der Waals surface area contributed by atoms with Crippen molar-refractivity contribution in [3.63, 3.8) is 0 Å². The lowest BCUT2D eigenvalue weighted by molar-refractivity contribution is -0.151. The molecule has 0 radical (unpaired) electrons. The van der Waals surface area contributed by atoms with Crippen molar-refractivity contribution >= 4 is 41.0 Å². The second kappa shape index (κ2) is 10.1. The van der Waals surface area contributed by atoms with Gasteiger partial charge in [-0.2, -0.15) is 0 Å². The van der Waals surface area contributed by atoms with Crippen molar-refractivity contribution in [1.82, 2.24) is 10.4 Å². The molecule has 0 spiro atoms. The molecule has 1 atom stereocenters. The number of esters is 1. The van der Waals surface area contributed by atoms with Crippen LogP contribution in [0.15, 0.2) is 48.5 Å². The standard InChI is InChI=1S/C22H22ClN3O5/c1-2-14-7-3-6-10-18(14)24-19(27)13-31-22(30)15-11-20(28)26(12-15)25-21(29)16-8-4-5-9-17(16)23/h3-10,15H,2,11-13H2,1H3,(H,24,27)(H,25,29)/t15-/m0/s1. The molecule has 0 aliphatic carbocycles. The first-order valence-corrected chi connectivity index (χ1v) is 10.2. The molecular weight excluding hydrogens is 422 g/mol. The smallest absolute Gasteiger partial charge is 0.311 e. The first kappa shape index (κ1) is 22.3. The Balaban J connectivity index is 1.50. The summed E-state index contributed by atoms with van der Waals surface area (Å²) in [6.45, 7) is 1.46. The molecule has 1 fully saturated rings.